The van der Waals surface area contributed by atoms with Crippen molar-refractivity contribution in [2.24, 2.45) is 12.1 Å². The van der Waals surface area contributed by atoms with E-state index in [2.05, 4.69) is 10.1 Å². The number of rotatable bonds is 6. The third-order valence-electron chi connectivity index (χ3n) is 5.53. The first-order chi connectivity index (χ1) is 15.6. The van der Waals surface area contributed by atoms with Crippen molar-refractivity contribution in [3.8, 4) is 5.75 Å². The number of hydrazone groups is 1. The Labute approximate surface area is 189 Å². The van der Waals surface area contributed by atoms with Crippen LogP contribution < -0.4 is 4.74 Å². The largest absolute Gasteiger partial charge is 0.497 e. The Balaban J connectivity index is 1.38. The Kier molecular flexibility index (Phi) is 5.45. The summed E-state index contributed by atoms with van der Waals surface area (Å²) in [6.45, 7) is 0. The number of aryl methyl sites for hydroxylation is 1. The van der Waals surface area contributed by atoms with E-state index in [1.807, 2.05) is 72.3 Å². The highest BCUT2D eigenvalue weighted by molar-refractivity contribution is 7.99. The summed E-state index contributed by atoms with van der Waals surface area (Å²) in [5.74, 6) is 1.64. The van der Waals surface area contributed by atoms with Gasteiger partial charge < -0.3 is 13.7 Å². The fourth-order valence-corrected chi connectivity index (χ4v) is 4.69. The molecular formula is C24H22N4O3S. The maximum atomic E-state index is 13.2. The number of methoxy groups -OCH3 is 1. The zero-order valence-electron chi connectivity index (χ0n) is 17.8. The summed E-state index contributed by atoms with van der Waals surface area (Å²) in [6.07, 6.45) is 2.21. The number of benzene rings is 2. The van der Waals surface area contributed by atoms with E-state index in [0.717, 1.165) is 39.0 Å². The van der Waals surface area contributed by atoms with Crippen LogP contribution in [0.15, 0.2) is 81.6 Å². The molecular weight excluding hydrogens is 424 g/mol. The molecule has 1 atom stereocenters. The van der Waals surface area contributed by atoms with Gasteiger partial charge in [-0.2, -0.15) is 5.10 Å². The number of furan rings is 1. The summed E-state index contributed by atoms with van der Waals surface area (Å²) in [7, 11) is 3.60. The van der Waals surface area contributed by atoms with Crippen LogP contribution in [0.25, 0.3) is 11.0 Å². The molecule has 0 fully saturated rings. The van der Waals surface area contributed by atoms with Crippen molar-refractivity contribution in [2.45, 2.75) is 17.6 Å². The SMILES string of the molecule is COc1ccc(C2=NN(C(=O)CSc3nc4ccccc4n3C)[C@H](c3ccco3)C2)cc1. The molecule has 0 radical (unpaired) electrons. The van der Waals surface area contributed by atoms with E-state index >= 15 is 0 Å². The average molecular weight is 447 g/mol. The van der Waals surface area contributed by atoms with Gasteiger partial charge in [0.15, 0.2) is 5.16 Å². The number of hydrogen-bond acceptors (Lipinski definition) is 6. The van der Waals surface area contributed by atoms with E-state index < -0.39 is 0 Å². The van der Waals surface area contributed by atoms with E-state index in [4.69, 9.17) is 9.15 Å². The summed E-state index contributed by atoms with van der Waals surface area (Å²) in [4.78, 5) is 17.9. The second-order valence-corrected chi connectivity index (χ2v) is 8.42. The topological polar surface area (TPSA) is 72.9 Å². The first-order valence-electron chi connectivity index (χ1n) is 10.3. The van der Waals surface area contributed by atoms with Gasteiger partial charge in [0.05, 0.1) is 35.9 Å². The predicted octanol–water partition coefficient (Wildman–Crippen LogP) is 4.64. The quantitative estimate of drug-likeness (QED) is 0.403. The molecule has 1 amide bonds. The summed E-state index contributed by atoms with van der Waals surface area (Å²) in [5.41, 5.74) is 3.76. The number of amides is 1. The van der Waals surface area contributed by atoms with Crippen molar-refractivity contribution in [1.29, 1.82) is 0 Å². The third-order valence-corrected chi connectivity index (χ3v) is 6.55. The molecule has 0 unspecified atom stereocenters. The Morgan fingerprint density at radius 3 is 2.69 bits per heavy atom. The van der Waals surface area contributed by atoms with Gasteiger partial charge in [-0.3, -0.25) is 4.79 Å². The Morgan fingerprint density at radius 2 is 1.97 bits per heavy atom. The van der Waals surface area contributed by atoms with Crippen LogP contribution in [0.5, 0.6) is 5.75 Å². The second kappa shape index (κ2) is 8.55. The van der Waals surface area contributed by atoms with Crippen LogP contribution in [0.3, 0.4) is 0 Å². The number of ether oxygens (including phenoxy) is 1. The number of carbonyl (C=O) groups excluding carboxylic acids is 1. The average Bonchev–Trinajstić information content (AvgIpc) is 3.57. The van der Waals surface area contributed by atoms with Gasteiger partial charge in [0.25, 0.3) is 5.91 Å². The van der Waals surface area contributed by atoms with E-state index in [0.29, 0.717) is 6.42 Å². The molecule has 5 rings (SSSR count). The molecule has 0 saturated heterocycles. The molecule has 4 aromatic rings. The van der Waals surface area contributed by atoms with Gasteiger partial charge in [-0.25, -0.2) is 9.99 Å². The van der Waals surface area contributed by atoms with Gasteiger partial charge in [-0.1, -0.05) is 23.9 Å². The lowest BCUT2D eigenvalue weighted by Crippen LogP contribution is -2.28. The van der Waals surface area contributed by atoms with Gasteiger partial charge in [0, 0.05) is 13.5 Å². The molecule has 0 saturated carbocycles. The van der Waals surface area contributed by atoms with E-state index in [-0.39, 0.29) is 17.7 Å². The minimum absolute atomic E-state index is 0.0908. The molecule has 1 aliphatic rings. The van der Waals surface area contributed by atoms with E-state index in [9.17, 15) is 4.79 Å². The molecule has 0 N–H and O–H groups in total. The number of imidazole rings is 1. The molecule has 2 aromatic carbocycles. The molecule has 32 heavy (non-hydrogen) atoms. The predicted molar refractivity (Wildman–Crippen MR) is 124 cm³/mol. The lowest BCUT2D eigenvalue weighted by molar-refractivity contribution is -0.130. The van der Waals surface area contributed by atoms with E-state index in [1.54, 1.807) is 18.4 Å². The molecule has 0 bridgehead atoms. The van der Waals surface area contributed by atoms with Crippen molar-refractivity contribution in [3.05, 3.63) is 78.3 Å². The molecule has 0 aliphatic carbocycles. The minimum atomic E-state index is -0.268. The molecule has 1 aliphatic heterocycles. The second-order valence-electron chi connectivity index (χ2n) is 7.48. The normalized spacial score (nSPS) is 15.9. The van der Waals surface area contributed by atoms with Gasteiger partial charge in [-0.05, 0) is 54.1 Å². The standard InChI is InChI=1S/C24H22N4O3S/c1-27-20-7-4-3-6-18(20)25-24(27)32-15-23(29)28-21(22-8-5-13-31-22)14-19(26-28)16-9-11-17(30-2)12-10-16/h3-13,21H,14-15H2,1-2H3/t21-/m0/s1. The van der Waals surface area contributed by atoms with Crippen LogP contribution in [0, 0.1) is 0 Å². The Morgan fingerprint density at radius 1 is 1.16 bits per heavy atom. The van der Waals surface area contributed by atoms with Crippen molar-refractivity contribution in [2.75, 3.05) is 12.9 Å². The molecule has 7 nitrogen and oxygen atoms in total. The van der Waals surface area contributed by atoms with Crippen LogP contribution in [-0.2, 0) is 11.8 Å². The fourth-order valence-electron chi connectivity index (χ4n) is 3.85. The van der Waals surface area contributed by atoms with Crippen molar-refractivity contribution < 1.29 is 13.9 Å². The van der Waals surface area contributed by atoms with Crippen molar-refractivity contribution in [1.82, 2.24) is 14.6 Å². The number of fused-ring (bicyclic) bond motifs is 1. The number of nitrogens with zero attached hydrogens (tertiary/aromatic N) is 4. The van der Waals surface area contributed by atoms with Crippen molar-refractivity contribution in [3.63, 3.8) is 0 Å². The van der Waals surface area contributed by atoms with Crippen LogP contribution in [0.1, 0.15) is 23.8 Å². The summed E-state index contributed by atoms with van der Waals surface area (Å²) < 4.78 is 12.9. The van der Waals surface area contributed by atoms with Crippen LogP contribution in [0.4, 0.5) is 0 Å². The van der Waals surface area contributed by atoms with Gasteiger partial charge in [0.1, 0.15) is 17.6 Å². The highest BCUT2D eigenvalue weighted by Gasteiger charge is 2.35. The van der Waals surface area contributed by atoms with Gasteiger partial charge >= 0.3 is 0 Å². The Hall–Kier alpha value is -3.52. The fraction of sp³-hybridized carbons (Fsp3) is 0.208. The first-order valence-corrected chi connectivity index (χ1v) is 11.2. The van der Waals surface area contributed by atoms with Gasteiger partial charge in [0.2, 0.25) is 0 Å². The van der Waals surface area contributed by atoms with Crippen LogP contribution >= 0.6 is 11.8 Å². The number of carbonyl (C=O) groups is 1. The highest BCUT2D eigenvalue weighted by Crippen LogP contribution is 2.34. The van der Waals surface area contributed by atoms with Crippen LogP contribution in [-0.4, -0.2) is 39.0 Å². The minimum Gasteiger partial charge on any atom is -0.497 e. The molecule has 2 aromatic heterocycles. The molecule has 0 spiro atoms. The number of aromatic nitrogens is 2. The number of thioether (sulfide) groups is 1. The van der Waals surface area contributed by atoms with E-state index in [1.165, 1.54) is 11.8 Å². The maximum absolute atomic E-state index is 13.2. The summed E-state index contributed by atoms with van der Waals surface area (Å²) in [6, 6.07) is 19.1. The monoisotopic (exact) mass is 446 g/mol. The lowest BCUT2D eigenvalue weighted by atomic mass is 10.0. The highest BCUT2D eigenvalue weighted by atomic mass is 32.2. The van der Waals surface area contributed by atoms with Crippen molar-refractivity contribution >= 4 is 34.4 Å². The summed E-state index contributed by atoms with van der Waals surface area (Å²) in [5, 5.41) is 7.04. The molecule has 8 heteroatoms. The zero-order valence-corrected chi connectivity index (χ0v) is 18.6. The Bertz CT molecular complexity index is 1280. The lowest BCUT2D eigenvalue weighted by Gasteiger charge is -2.19. The number of hydrogen-bond donors (Lipinski definition) is 0. The smallest absolute Gasteiger partial charge is 0.253 e. The first kappa shape index (κ1) is 20.4. The number of para-hydroxylation sites is 2. The molecule has 3 heterocycles. The molecule has 162 valence electrons. The zero-order chi connectivity index (χ0) is 22.1. The summed E-state index contributed by atoms with van der Waals surface area (Å²) >= 11 is 1.41. The maximum Gasteiger partial charge on any atom is 0.253 e. The van der Waals surface area contributed by atoms with Crippen LogP contribution in [0.2, 0.25) is 0 Å². The van der Waals surface area contributed by atoms with Gasteiger partial charge in [-0.15, -0.1) is 0 Å². The third kappa shape index (κ3) is 3.78.